The number of aromatic nitrogens is 2. The zero-order valence-corrected chi connectivity index (χ0v) is 36.9. The standard InChI is InChI=1S/C62H42N2S/c1-61(2)50-28-11-13-30-52(50)62(53-31-14-12-29-51(53)61)49-27-10-8-23-46(49)58-48(26-17-32-54(58)62)60-63-55(38-56(64-60)47-25-16-24-45-44-22-9-15-33-57(44)65-59(45)47)43-21-7-6-20-42(43)41-36-34-40(35-37-41)39-18-4-3-5-19-39/h3-38H,1-2H3. The van der Waals surface area contributed by atoms with Gasteiger partial charge in [0.2, 0.25) is 0 Å². The van der Waals surface area contributed by atoms with E-state index in [1.54, 1.807) is 0 Å². The summed E-state index contributed by atoms with van der Waals surface area (Å²) in [6.07, 6.45) is 0. The predicted molar refractivity (Wildman–Crippen MR) is 272 cm³/mol. The first-order valence-corrected chi connectivity index (χ1v) is 23.3. The van der Waals surface area contributed by atoms with Crippen LogP contribution in [0.15, 0.2) is 218 Å². The van der Waals surface area contributed by atoms with Crippen molar-refractivity contribution in [1.29, 1.82) is 0 Å². The van der Waals surface area contributed by atoms with Crippen molar-refractivity contribution in [3.63, 3.8) is 0 Å². The summed E-state index contributed by atoms with van der Waals surface area (Å²) in [5.74, 6) is 0.714. The second kappa shape index (κ2) is 14.4. The smallest absolute Gasteiger partial charge is 0.161 e. The Bertz CT molecular complexity index is 3640. The van der Waals surface area contributed by atoms with Crippen molar-refractivity contribution in [2.75, 3.05) is 0 Å². The highest BCUT2D eigenvalue weighted by Gasteiger charge is 2.53. The molecule has 65 heavy (non-hydrogen) atoms. The van der Waals surface area contributed by atoms with E-state index in [0.29, 0.717) is 5.82 Å². The number of hydrogen-bond donors (Lipinski definition) is 0. The lowest BCUT2D eigenvalue weighted by molar-refractivity contribution is 0.563. The second-order valence-electron chi connectivity index (χ2n) is 18.0. The van der Waals surface area contributed by atoms with Crippen molar-refractivity contribution < 1.29 is 0 Å². The van der Waals surface area contributed by atoms with E-state index in [1.807, 2.05) is 11.3 Å². The molecule has 2 aromatic heterocycles. The van der Waals surface area contributed by atoms with Gasteiger partial charge in [0.15, 0.2) is 5.82 Å². The minimum atomic E-state index is -0.522. The molecule has 0 fully saturated rings. The van der Waals surface area contributed by atoms with E-state index in [-0.39, 0.29) is 5.41 Å². The van der Waals surface area contributed by atoms with Crippen LogP contribution in [-0.2, 0) is 10.8 Å². The SMILES string of the molecule is CC1(C)c2ccccc2C2(c3ccccc3-c3c(-c4nc(-c5ccccc5-c5ccc(-c6ccccc6)cc5)cc(-c5cccc6c5sc5ccccc56)n4)cccc32)c2ccccc21. The molecule has 306 valence electrons. The topological polar surface area (TPSA) is 25.8 Å². The van der Waals surface area contributed by atoms with Crippen LogP contribution in [0.3, 0.4) is 0 Å². The van der Waals surface area contributed by atoms with Crippen LogP contribution in [0.5, 0.6) is 0 Å². The Morgan fingerprint density at radius 1 is 0.354 bits per heavy atom. The summed E-state index contributed by atoms with van der Waals surface area (Å²) in [5.41, 5.74) is 19.4. The van der Waals surface area contributed by atoms with Gasteiger partial charge in [0, 0.05) is 42.3 Å². The van der Waals surface area contributed by atoms with Gasteiger partial charge in [0.05, 0.1) is 16.8 Å². The molecule has 13 rings (SSSR count). The molecule has 0 radical (unpaired) electrons. The first-order valence-electron chi connectivity index (χ1n) is 22.5. The largest absolute Gasteiger partial charge is 0.228 e. The maximum atomic E-state index is 5.66. The fourth-order valence-electron chi connectivity index (χ4n) is 11.3. The van der Waals surface area contributed by atoms with Crippen molar-refractivity contribution in [3.05, 3.63) is 252 Å². The lowest BCUT2D eigenvalue weighted by atomic mass is 9.55. The number of benzene rings is 9. The van der Waals surface area contributed by atoms with E-state index < -0.39 is 5.41 Å². The molecule has 0 bridgehead atoms. The Kier molecular flexibility index (Phi) is 8.38. The van der Waals surface area contributed by atoms with E-state index in [2.05, 4.69) is 232 Å². The Morgan fingerprint density at radius 2 is 0.846 bits per heavy atom. The fraction of sp³-hybridized carbons (Fsp3) is 0.0645. The third kappa shape index (κ3) is 5.52. The first-order chi connectivity index (χ1) is 32.0. The molecule has 0 unspecified atom stereocenters. The minimum absolute atomic E-state index is 0.178. The van der Waals surface area contributed by atoms with Gasteiger partial charge in [-0.2, -0.15) is 0 Å². The second-order valence-corrected chi connectivity index (χ2v) is 19.0. The third-order valence-electron chi connectivity index (χ3n) is 14.2. The van der Waals surface area contributed by atoms with Crippen LogP contribution in [0.1, 0.15) is 47.2 Å². The molecule has 0 atom stereocenters. The highest BCUT2D eigenvalue weighted by molar-refractivity contribution is 7.26. The van der Waals surface area contributed by atoms with Gasteiger partial charge in [0.25, 0.3) is 0 Å². The van der Waals surface area contributed by atoms with E-state index in [4.69, 9.17) is 9.97 Å². The van der Waals surface area contributed by atoms with Crippen LogP contribution >= 0.6 is 11.3 Å². The van der Waals surface area contributed by atoms with E-state index >= 15 is 0 Å². The van der Waals surface area contributed by atoms with Crippen LogP contribution in [0.2, 0.25) is 0 Å². The lowest BCUT2D eigenvalue weighted by Crippen LogP contribution is -2.40. The third-order valence-corrected chi connectivity index (χ3v) is 15.5. The molecule has 0 amide bonds. The van der Waals surface area contributed by atoms with Gasteiger partial charge >= 0.3 is 0 Å². The minimum Gasteiger partial charge on any atom is -0.228 e. The van der Waals surface area contributed by atoms with Crippen LogP contribution in [0.4, 0.5) is 0 Å². The summed E-state index contributed by atoms with van der Waals surface area (Å²) in [6.45, 7) is 4.76. The number of fused-ring (bicyclic) bond motifs is 12. The molecule has 2 heterocycles. The molecule has 9 aromatic carbocycles. The van der Waals surface area contributed by atoms with Crippen molar-refractivity contribution in [3.8, 4) is 67.3 Å². The van der Waals surface area contributed by atoms with Gasteiger partial charge in [-0.15, -0.1) is 11.3 Å². The van der Waals surface area contributed by atoms with Crippen LogP contribution in [0, 0.1) is 0 Å². The van der Waals surface area contributed by atoms with Crippen LogP contribution in [0.25, 0.3) is 87.5 Å². The van der Waals surface area contributed by atoms with Crippen molar-refractivity contribution in [2.24, 2.45) is 0 Å². The molecule has 0 saturated carbocycles. The molecule has 11 aromatic rings. The fourth-order valence-corrected chi connectivity index (χ4v) is 12.5. The average molecular weight is 847 g/mol. The number of nitrogens with zero attached hydrogens (tertiary/aromatic N) is 2. The molecule has 2 aliphatic rings. The van der Waals surface area contributed by atoms with Crippen molar-refractivity contribution in [2.45, 2.75) is 24.7 Å². The molecule has 0 saturated heterocycles. The molecular weight excluding hydrogens is 805 g/mol. The Balaban J connectivity index is 1.08. The lowest BCUT2D eigenvalue weighted by Gasteiger charge is -2.46. The molecule has 2 nitrogen and oxygen atoms in total. The van der Waals surface area contributed by atoms with Gasteiger partial charge in [-0.25, -0.2) is 9.97 Å². The maximum Gasteiger partial charge on any atom is 0.161 e. The molecule has 0 N–H and O–H groups in total. The summed E-state index contributed by atoms with van der Waals surface area (Å²) in [5, 5.41) is 2.52. The van der Waals surface area contributed by atoms with Gasteiger partial charge in [0.1, 0.15) is 0 Å². The zero-order chi connectivity index (χ0) is 43.3. The van der Waals surface area contributed by atoms with Crippen LogP contribution in [-0.4, -0.2) is 9.97 Å². The summed E-state index contributed by atoms with van der Waals surface area (Å²) < 4.78 is 2.50. The average Bonchev–Trinajstić information content (AvgIpc) is 3.90. The zero-order valence-electron chi connectivity index (χ0n) is 36.1. The number of thiophene rings is 1. The Morgan fingerprint density at radius 3 is 1.58 bits per heavy atom. The van der Waals surface area contributed by atoms with E-state index in [9.17, 15) is 0 Å². The van der Waals surface area contributed by atoms with Gasteiger partial charge < -0.3 is 0 Å². The molecule has 1 spiro atoms. The Labute approximate surface area is 383 Å². The molecule has 0 aliphatic heterocycles. The van der Waals surface area contributed by atoms with Crippen LogP contribution < -0.4 is 0 Å². The summed E-state index contributed by atoms with van der Waals surface area (Å²) in [6, 6.07) is 80.0. The summed E-state index contributed by atoms with van der Waals surface area (Å²) in [4.78, 5) is 11.3. The molecule has 3 heteroatoms. The normalized spacial score (nSPS) is 13.9. The van der Waals surface area contributed by atoms with E-state index in [1.165, 1.54) is 75.8 Å². The van der Waals surface area contributed by atoms with Gasteiger partial charge in [-0.1, -0.05) is 220 Å². The van der Waals surface area contributed by atoms with Crippen molar-refractivity contribution >= 4 is 31.5 Å². The van der Waals surface area contributed by atoms with Crippen molar-refractivity contribution in [1.82, 2.24) is 9.97 Å². The highest BCUT2D eigenvalue weighted by Crippen LogP contribution is 2.63. The molecular formula is C62H42N2S. The predicted octanol–water partition coefficient (Wildman–Crippen LogP) is 16.2. The van der Waals surface area contributed by atoms with E-state index in [0.717, 1.165) is 39.2 Å². The van der Waals surface area contributed by atoms with Gasteiger partial charge in [-0.05, 0) is 78.9 Å². The Hall–Kier alpha value is -7.72. The number of rotatable bonds is 5. The summed E-state index contributed by atoms with van der Waals surface area (Å²) in [7, 11) is 0. The quantitative estimate of drug-likeness (QED) is 0.172. The first kappa shape index (κ1) is 37.8. The maximum absolute atomic E-state index is 5.66. The molecule has 2 aliphatic carbocycles. The summed E-state index contributed by atoms with van der Waals surface area (Å²) >= 11 is 1.84. The highest BCUT2D eigenvalue weighted by atomic mass is 32.1. The number of hydrogen-bond acceptors (Lipinski definition) is 3. The monoisotopic (exact) mass is 846 g/mol. The van der Waals surface area contributed by atoms with Gasteiger partial charge in [-0.3, -0.25) is 0 Å².